The second kappa shape index (κ2) is 7.51. The van der Waals surface area contributed by atoms with Gasteiger partial charge in [0.15, 0.2) is 0 Å². The molecule has 2 aromatic heterocycles. The molecule has 5 nitrogen and oxygen atoms in total. The number of hydrogen-bond donors (Lipinski definition) is 2. The van der Waals surface area contributed by atoms with Gasteiger partial charge in [-0.15, -0.1) is 11.3 Å². The van der Waals surface area contributed by atoms with Crippen molar-refractivity contribution in [2.24, 2.45) is 0 Å². The number of nitrogens with zero attached hydrogens (tertiary/aromatic N) is 2. The third kappa shape index (κ3) is 5.00. The summed E-state index contributed by atoms with van der Waals surface area (Å²) in [4.78, 5) is 20.1. The molecule has 23 heavy (non-hydrogen) atoms. The third-order valence-electron chi connectivity index (χ3n) is 2.93. The summed E-state index contributed by atoms with van der Waals surface area (Å²) >= 11 is 1.26. The van der Waals surface area contributed by atoms with Gasteiger partial charge in [0, 0.05) is 18.2 Å². The average Bonchev–Trinajstić information content (AvgIpc) is 2.95. The summed E-state index contributed by atoms with van der Waals surface area (Å²) in [5, 5.41) is 12.7. The van der Waals surface area contributed by atoms with Gasteiger partial charge in [-0.3, -0.25) is 9.78 Å². The van der Waals surface area contributed by atoms with Crippen molar-refractivity contribution in [3.8, 4) is 10.7 Å². The number of nitrogens with one attached hydrogen (secondary N) is 1. The first-order valence-electron chi connectivity index (χ1n) is 6.73. The Hall–Kier alpha value is -2.00. The van der Waals surface area contributed by atoms with Gasteiger partial charge in [0.25, 0.3) is 0 Å². The third-order valence-corrected chi connectivity index (χ3v) is 3.84. The van der Waals surface area contributed by atoms with Gasteiger partial charge in [-0.2, -0.15) is 13.2 Å². The van der Waals surface area contributed by atoms with E-state index in [9.17, 15) is 18.0 Å². The molecule has 1 amide bonds. The highest BCUT2D eigenvalue weighted by Crippen LogP contribution is 2.23. The second-order valence-corrected chi connectivity index (χ2v) is 5.57. The zero-order valence-corrected chi connectivity index (χ0v) is 12.7. The minimum atomic E-state index is -4.60. The predicted molar refractivity (Wildman–Crippen MR) is 78.7 cm³/mol. The van der Waals surface area contributed by atoms with E-state index in [1.807, 2.05) is 5.32 Å². The molecule has 0 saturated heterocycles. The molecule has 1 atom stereocenters. The van der Waals surface area contributed by atoms with Gasteiger partial charge in [0.1, 0.15) is 11.0 Å². The molecular formula is C14H14F3N3O2S. The van der Waals surface area contributed by atoms with Crippen molar-refractivity contribution in [2.75, 3.05) is 6.61 Å². The number of pyridine rings is 1. The molecule has 0 aliphatic carbocycles. The molecule has 124 valence electrons. The maximum absolute atomic E-state index is 12.7. The smallest absolute Gasteiger partial charge is 0.396 e. The monoisotopic (exact) mass is 345 g/mol. The molecule has 0 saturated carbocycles. The van der Waals surface area contributed by atoms with Crippen molar-refractivity contribution in [2.45, 2.75) is 25.1 Å². The summed E-state index contributed by atoms with van der Waals surface area (Å²) in [5.41, 5.74) is 1.01. The lowest BCUT2D eigenvalue weighted by Crippen LogP contribution is -2.46. The molecule has 0 unspecified atom stereocenters. The average molecular weight is 345 g/mol. The molecule has 2 heterocycles. The molecule has 0 aliphatic rings. The molecule has 0 aromatic carbocycles. The van der Waals surface area contributed by atoms with Crippen LogP contribution in [0.15, 0.2) is 29.8 Å². The molecule has 2 rings (SSSR count). The van der Waals surface area contributed by atoms with E-state index in [0.717, 1.165) is 0 Å². The van der Waals surface area contributed by atoms with Crippen molar-refractivity contribution >= 4 is 17.2 Å². The predicted octanol–water partition coefficient (Wildman–Crippen LogP) is 2.18. The van der Waals surface area contributed by atoms with Crippen LogP contribution in [-0.2, 0) is 11.2 Å². The number of rotatable bonds is 6. The minimum Gasteiger partial charge on any atom is -0.396 e. The van der Waals surface area contributed by atoms with E-state index in [4.69, 9.17) is 5.11 Å². The van der Waals surface area contributed by atoms with Crippen LogP contribution in [0.25, 0.3) is 10.7 Å². The Kier molecular flexibility index (Phi) is 5.67. The number of aromatic nitrogens is 2. The maximum atomic E-state index is 12.7. The number of carbonyl (C=O) groups is 1. The Balaban J connectivity index is 1.99. The highest BCUT2D eigenvalue weighted by molar-refractivity contribution is 7.13. The number of alkyl halides is 3. The molecule has 0 radical (unpaired) electrons. The number of amides is 1. The van der Waals surface area contributed by atoms with Crippen LogP contribution in [0.5, 0.6) is 0 Å². The van der Waals surface area contributed by atoms with Crippen molar-refractivity contribution < 1.29 is 23.1 Å². The standard InChI is InChI=1S/C14H14F3N3O2S/c15-14(16,17)11(4-6-21)20-12(22)7-9-8-23-13(19-9)10-3-1-2-5-18-10/h1-3,5,8,11,21H,4,6-7H2,(H,20,22)/t11-/m0/s1. The van der Waals surface area contributed by atoms with Crippen LogP contribution in [0, 0.1) is 0 Å². The fourth-order valence-electron chi connectivity index (χ4n) is 1.85. The summed E-state index contributed by atoms with van der Waals surface area (Å²) < 4.78 is 38.1. The lowest BCUT2D eigenvalue weighted by Gasteiger charge is -2.20. The number of thiazole rings is 1. The molecule has 0 aliphatic heterocycles. The summed E-state index contributed by atoms with van der Waals surface area (Å²) in [7, 11) is 0. The SMILES string of the molecule is O=C(Cc1csc(-c2ccccn2)n1)N[C@@H](CCO)C(F)(F)F. The first-order valence-corrected chi connectivity index (χ1v) is 7.61. The summed E-state index contributed by atoms with van der Waals surface area (Å²) in [5.74, 6) is -0.793. The van der Waals surface area contributed by atoms with Crippen molar-refractivity contribution in [3.63, 3.8) is 0 Å². The summed E-state index contributed by atoms with van der Waals surface area (Å²) in [6.07, 6.45) is -3.83. The van der Waals surface area contributed by atoms with E-state index in [0.29, 0.717) is 16.4 Å². The zero-order chi connectivity index (χ0) is 16.9. The van der Waals surface area contributed by atoms with Gasteiger partial charge < -0.3 is 10.4 Å². The van der Waals surface area contributed by atoms with E-state index in [1.54, 1.807) is 29.8 Å². The van der Waals surface area contributed by atoms with Gasteiger partial charge in [-0.25, -0.2) is 4.98 Å². The van der Waals surface area contributed by atoms with Crippen LogP contribution >= 0.6 is 11.3 Å². The Labute approximate surface area is 134 Å². The number of carbonyl (C=O) groups excluding carboxylic acids is 1. The molecule has 2 aromatic rings. The molecule has 0 spiro atoms. The van der Waals surface area contributed by atoms with Gasteiger partial charge in [0.2, 0.25) is 5.91 Å². The molecule has 0 bridgehead atoms. The normalized spacial score (nSPS) is 12.9. The fourth-order valence-corrected chi connectivity index (χ4v) is 2.65. The largest absolute Gasteiger partial charge is 0.408 e. The van der Waals surface area contributed by atoms with Crippen molar-refractivity contribution in [3.05, 3.63) is 35.5 Å². The topological polar surface area (TPSA) is 75.1 Å². The zero-order valence-electron chi connectivity index (χ0n) is 11.9. The first kappa shape index (κ1) is 17.4. The summed E-state index contributed by atoms with van der Waals surface area (Å²) in [6, 6.07) is 3.24. The highest BCUT2D eigenvalue weighted by Gasteiger charge is 2.40. The van der Waals surface area contributed by atoms with E-state index in [2.05, 4.69) is 9.97 Å². The Morgan fingerprint density at radius 3 is 2.78 bits per heavy atom. The second-order valence-electron chi connectivity index (χ2n) is 4.71. The summed E-state index contributed by atoms with van der Waals surface area (Å²) in [6.45, 7) is -0.662. The maximum Gasteiger partial charge on any atom is 0.408 e. The van der Waals surface area contributed by atoms with Crippen LogP contribution in [0.2, 0.25) is 0 Å². The van der Waals surface area contributed by atoms with E-state index in [1.165, 1.54) is 11.3 Å². The Morgan fingerprint density at radius 2 is 2.17 bits per heavy atom. The molecule has 2 N–H and O–H groups in total. The minimum absolute atomic E-state index is 0.263. The van der Waals surface area contributed by atoms with Crippen LogP contribution in [0.4, 0.5) is 13.2 Å². The molecule has 9 heteroatoms. The Morgan fingerprint density at radius 1 is 1.39 bits per heavy atom. The lowest BCUT2D eigenvalue weighted by molar-refractivity contribution is -0.164. The lowest BCUT2D eigenvalue weighted by atomic mass is 10.2. The Bertz CT molecular complexity index is 646. The fraction of sp³-hybridized carbons (Fsp3) is 0.357. The van der Waals surface area contributed by atoms with Crippen LogP contribution in [0.1, 0.15) is 12.1 Å². The molecular weight excluding hydrogens is 331 g/mol. The van der Waals surface area contributed by atoms with Crippen molar-refractivity contribution in [1.29, 1.82) is 0 Å². The van der Waals surface area contributed by atoms with Crippen LogP contribution < -0.4 is 5.32 Å². The van der Waals surface area contributed by atoms with Gasteiger partial charge >= 0.3 is 6.18 Å². The van der Waals surface area contributed by atoms with Crippen molar-refractivity contribution in [1.82, 2.24) is 15.3 Å². The van der Waals surface area contributed by atoms with Gasteiger partial charge in [-0.1, -0.05) is 6.07 Å². The van der Waals surface area contributed by atoms with Gasteiger partial charge in [0.05, 0.1) is 17.8 Å². The number of aliphatic hydroxyl groups is 1. The van der Waals surface area contributed by atoms with E-state index >= 15 is 0 Å². The quantitative estimate of drug-likeness (QED) is 0.841. The first-order chi connectivity index (χ1) is 10.9. The number of aliphatic hydroxyl groups excluding tert-OH is 1. The molecule has 0 fully saturated rings. The van der Waals surface area contributed by atoms with Crippen LogP contribution in [-0.4, -0.2) is 39.8 Å². The van der Waals surface area contributed by atoms with E-state index < -0.39 is 31.2 Å². The van der Waals surface area contributed by atoms with Crippen LogP contribution in [0.3, 0.4) is 0 Å². The van der Waals surface area contributed by atoms with E-state index in [-0.39, 0.29) is 6.42 Å². The highest BCUT2D eigenvalue weighted by atomic mass is 32.1. The number of halogens is 3. The van der Waals surface area contributed by atoms with Gasteiger partial charge in [-0.05, 0) is 18.6 Å². The number of hydrogen-bond acceptors (Lipinski definition) is 5.